The lowest BCUT2D eigenvalue weighted by atomic mass is 10.1. The third-order valence-electron chi connectivity index (χ3n) is 4.34. The number of carbonyl (C=O) groups excluding carboxylic acids is 1. The van der Waals surface area contributed by atoms with Crippen LogP contribution in [0.3, 0.4) is 0 Å². The summed E-state index contributed by atoms with van der Waals surface area (Å²) in [6.45, 7) is 0.0995. The molecule has 2 heterocycles. The van der Waals surface area contributed by atoms with E-state index in [-0.39, 0.29) is 18.3 Å². The Morgan fingerprint density at radius 1 is 1.00 bits per heavy atom. The van der Waals surface area contributed by atoms with E-state index >= 15 is 0 Å². The fraction of sp³-hybridized carbons (Fsp3) is 0.0455. The maximum Gasteiger partial charge on any atom is 0.252 e. The van der Waals surface area contributed by atoms with Crippen molar-refractivity contribution in [3.63, 3.8) is 0 Å². The minimum absolute atomic E-state index is 0.0995. The second-order valence-corrected chi connectivity index (χ2v) is 7.12. The molecular weight excluding hydrogens is 421 g/mol. The lowest BCUT2D eigenvalue weighted by Crippen LogP contribution is -2.23. The standard InChI is InChI=1S/C22H15BrFN3O/c23-15-8-9-19-16(11-15)17(12-21(27-19)20-7-3-4-10-25-20)22(28)26-13-14-5-1-2-6-18(14)24/h1-12H,13H2,(H,26,28). The number of benzene rings is 2. The van der Waals surface area contributed by atoms with Gasteiger partial charge in [-0.1, -0.05) is 40.2 Å². The van der Waals surface area contributed by atoms with E-state index in [0.717, 1.165) is 4.47 Å². The number of nitrogens with one attached hydrogen (secondary N) is 1. The summed E-state index contributed by atoms with van der Waals surface area (Å²) in [7, 11) is 0. The molecule has 0 radical (unpaired) electrons. The average Bonchev–Trinajstić information content (AvgIpc) is 2.73. The van der Waals surface area contributed by atoms with Crippen molar-refractivity contribution in [2.75, 3.05) is 0 Å². The van der Waals surface area contributed by atoms with Crippen molar-refractivity contribution in [2.45, 2.75) is 6.54 Å². The van der Waals surface area contributed by atoms with Gasteiger partial charge < -0.3 is 5.32 Å². The smallest absolute Gasteiger partial charge is 0.252 e. The third kappa shape index (κ3) is 3.77. The number of nitrogens with zero attached hydrogens (tertiary/aromatic N) is 2. The summed E-state index contributed by atoms with van der Waals surface area (Å²) >= 11 is 3.44. The molecule has 0 aliphatic heterocycles. The summed E-state index contributed by atoms with van der Waals surface area (Å²) in [5, 5.41) is 3.51. The van der Waals surface area contributed by atoms with Gasteiger partial charge in [-0.3, -0.25) is 9.78 Å². The summed E-state index contributed by atoms with van der Waals surface area (Å²) in [4.78, 5) is 21.9. The van der Waals surface area contributed by atoms with Crippen LogP contribution in [0.4, 0.5) is 4.39 Å². The minimum atomic E-state index is -0.348. The molecule has 0 fully saturated rings. The van der Waals surface area contributed by atoms with E-state index in [2.05, 4.69) is 31.2 Å². The highest BCUT2D eigenvalue weighted by Gasteiger charge is 2.15. The summed E-state index contributed by atoms with van der Waals surface area (Å²) in [5.74, 6) is -0.648. The van der Waals surface area contributed by atoms with Crippen LogP contribution in [0.15, 0.2) is 77.4 Å². The van der Waals surface area contributed by atoms with Crippen molar-refractivity contribution >= 4 is 32.7 Å². The van der Waals surface area contributed by atoms with Gasteiger partial charge in [0.05, 0.1) is 22.5 Å². The Hall–Kier alpha value is -3.12. The fourth-order valence-corrected chi connectivity index (χ4v) is 3.30. The van der Waals surface area contributed by atoms with Gasteiger partial charge in [0.25, 0.3) is 5.91 Å². The van der Waals surface area contributed by atoms with Crippen LogP contribution in [-0.2, 0) is 6.54 Å². The zero-order valence-corrected chi connectivity index (χ0v) is 16.3. The van der Waals surface area contributed by atoms with Crippen LogP contribution in [0, 0.1) is 5.82 Å². The number of pyridine rings is 2. The van der Waals surface area contributed by atoms with Gasteiger partial charge in [0.15, 0.2) is 0 Å². The van der Waals surface area contributed by atoms with Crippen molar-refractivity contribution in [3.8, 4) is 11.4 Å². The topological polar surface area (TPSA) is 54.9 Å². The van der Waals surface area contributed by atoms with Crippen LogP contribution in [0.25, 0.3) is 22.3 Å². The normalized spacial score (nSPS) is 10.8. The van der Waals surface area contributed by atoms with Crippen LogP contribution in [-0.4, -0.2) is 15.9 Å². The number of rotatable bonds is 4. The highest BCUT2D eigenvalue weighted by molar-refractivity contribution is 9.10. The van der Waals surface area contributed by atoms with Gasteiger partial charge >= 0.3 is 0 Å². The van der Waals surface area contributed by atoms with Crippen LogP contribution in [0.1, 0.15) is 15.9 Å². The molecule has 0 bridgehead atoms. The monoisotopic (exact) mass is 435 g/mol. The molecule has 138 valence electrons. The van der Waals surface area contributed by atoms with E-state index in [1.165, 1.54) is 6.07 Å². The molecule has 1 amide bonds. The molecular formula is C22H15BrFN3O. The van der Waals surface area contributed by atoms with E-state index in [0.29, 0.717) is 33.4 Å². The van der Waals surface area contributed by atoms with Gasteiger partial charge in [-0.25, -0.2) is 9.37 Å². The second-order valence-electron chi connectivity index (χ2n) is 6.21. The van der Waals surface area contributed by atoms with Crippen molar-refractivity contribution < 1.29 is 9.18 Å². The van der Waals surface area contributed by atoms with E-state index in [9.17, 15) is 9.18 Å². The Morgan fingerprint density at radius 2 is 1.82 bits per heavy atom. The highest BCUT2D eigenvalue weighted by atomic mass is 79.9. The molecule has 28 heavy (non-hydrogen) atoms. The fourth-order valence-electron chi connectivity index (χ4n) is 2.94. The van der Waals surface area contributed by atoms with E-state index in [1.54, 1.807) is 30.5 Å². The minimum Gasteiger partial charge on any atom is -0.348 e. The zero-order valence-electron chi connectivity index (χ0n) is 14.7. The van der Waals surface area contributed by atoms with Crippen LogP contribution in [0.5, 0.6) is 0 Å². The number of hydrogen-bond acceptors (Lipinski definition) is 3. The van der Waals surface area contributed by atoms with Crippen LogP contribution < -0.4 is 5.32 Å². The molecule has 0 saturated heterocycles. The zero-order chi connectivity index (χ0) is 19.5. The summed E-state index contributed by atoms with van der Waals surface area (Å²) in [6, 6.07) is 19.2. The van der Waals surface area contributed by atoms with Crippen molar-refractivity contribution in [2.24, 2.45) is 0 Å². The van der Waals surface area contributed by atoms with Gasteiger partial charge in [0.2, 0.25) is 0 Å². The lowest BCUT2D eigenvalue weighted by Gasteiger charge is -2.11. The first-order valence-electron chi connectivity index (χ1n) is 8.65. The molecule has 0 aliphatic carbocycles. The first kappa shape index (κ1) is 18.3. The summed E-state index contributed by atoms with van der Waals surface area (Å²) in [5.41, 5.74) is 2.85. The first-order chi connectivity index (χ1) is 13.6. The van der Waals surface area contributed by atoms with E-state index in [4.69, 9.17) is 0 Å². The molecule has 0 unspecified atom stereocenters. The maximum absolute atomic E-state index is 13.9. The van der Waals surface area contributed by atoms with Gasteiger partial charge in [-0.2, -0.15) is 0 Å². The molecule has 0 spiro atoms. The molecule has 0 aliphatic rings. The molecule has 1 N–H and O–H groups in total. The summed E-state index contributed by atoms with van der Waals surface area (Å²) in [6.07, 6.45) is 1.68. The molecule has 2 aromatic carbocycles. The Morgan fingerprint density at radius 3 is 2.61 bits per heavy atom. The Bertz CT molecular complexity index is 1170. The molecule has 4 aromatic rings. The first-order valence-corrected chi connectivity index (χ1v) is 9.44. The second kappa shape index (κ2) is 7.86. The van der Waals surface area contributed by atoms with E-state index < -0.39 is 0 Å². The number of aromatic nitrogens is 2. The number of halogens is 2. The third-order valence-corrected chi connectivity index (χ3v) is 4.83. The lowest BCUT2D eigenvalue weighted by molar-refractivity contribution is 0.0952. The van der Waals surface area contributed by atoms with Gasteiger partial charge in [0, 0.05) is 28.2 Å². The van der Waals surface area contributed by atoms with E-state index in [1.807, 2.05) is 36.4 Å². The van der Waals surface area contributed by atoms with Gasteiger partial charge in [0.1, 0.15) is 5.82 Å². The number of carbonyl (C=O) groups is 1. The van der Waals surface area contributed by atoms with Crippen molar-refractivity contribution in [1.29, 1.82) is 0 Å². The molecule has 0 saturated carbocycles. The SMILES string of the molecule is O=C(NCc1ccccc1F)c1cc(-c2ccccn2)nc2ccc(Br)cc12. The Labute approximate surface area is 169 Å². The van der Waals surface area contributed by atoms with Crippen LogP contribution in [0.2, 0.25) is 0 Å². The molecule has 0 atom stereocenters. The van der Waals surface area contributed by atoms with Crippen molar-refractivity contribution in [3.05, 3.63) is 94.3 Å². The molecule has 6 heteroatoms. The predicted molar refractivity (Wildman–Crippen MR) is 110 cm³/mol. The van der Waals surface area contributed by atoms with Crippen LogP contribution >= 0.6 is 15.9 Å². The predicted octanol–water partition coefficient (Wildman–Crippen LogP) is 5.13. The number of fused-ring (bicyclic) bond motifs is 1. The number of amides is 1. The average molecular weight is 436 g/mol. The number of hydrogen-bond donors (Lipinski definition) is 1. The quantitative estimate of drug-likeness (QED) is 0.483. The Balaban J connectivity index is 1.74. The molecule has 2 aromatic heterocycles. The van der Waals surface area contributed by atoms with Gasteiger partial charge in [-0.05, 0) is 42.5 Å². The maximum atomic E-state index is 13.9. The molecule has 4 nitrogen and oxygen atoms in total. The summed E-state index contributed by atoms with van der Waals surface area (Å²) < 4.78 is 14.7. The molecule has 4 rings (SSSR count). The van der Waals surface area contributed by atoms with Crippen molar-refractivity contribution in [1.82, 2.24) is 15.3 Å². The Kier molecular flexibility index (Phi) is 5.12. The largest absolute Gasteiger partial charge is 0.348 e. The van der Waals surface area contributed by atoms with Gasteiger partial charge in [-0.15, -0.1) is 0 Å². The highest BCUT2D eigenvalue weighted by Crippen LogP contribution is 2.26.